The Bertz CT molecular complexity index is 790. The Labute approximate surface area is 128 Å². The maximum atomic E-state index is 11.7. The first-order valence-electron chi connectivity index (χ1n) is 6.88. The molecule has 2 heterocycles. The molecular weight excluding hydrogens is 276 g/mol. The molecule has 5 nitrogen and oxygen atoms in total. The summed E-state index contributed by atoms with van der Waals surface area (Å²) in [6.45, 7) is 1.73. The maximum absolute atomic E-state index is 11.7. The average Bonchev–Trinajstić information content (AvgIpc) is 2.55. The van der Waals surface area contributed by atoms with Crippen LogP contribution in [0.15, 0.2) is 60.1 Å². The van der Waals surface area contributed by atoms with Crippen molar-refractivity contribution >= 4 is 6.03 Å². The summed E-state index contributed by atoms with van der Waals surface area (Å²) < 4.78 is 0. The standard InChI is InChI=1S/C17H14N4O/c1-11-15(10-18)16(21-17(22)20-11)14-4-2-3-13(9-14)12-5-7-19-8-6-12/h2-9,16H,1H3,(H2,20,21,22). The lowest BCUT2D eigenvalue weighted by atomic mass is 9.94. The molecule has 0 saturated heterocycles. The number of allylic oxidation sites excluding steroid dienone is 1. The average molecular weight is 290 g/mol. The molecule has 1 aliphatic heterocycles. The highest BCUT2D eigenvalue weighted by molar-refractivity contribution is 5.79. The molecular formula is C17H14N4O. The van der Waals surface area contributed by atoms with E-state index in [2.05, 4.69) is 21.7 Å². The van der Waals surface area contributed by atoms with Crippen LogP contribution < -0.4 is 10.6 Å². The van der Waals surface area contributed by atoms with E-state index in [9.17, 15) is 10.1 Å². The van der Waals surface area contributed by atoms with Crippen molar-refractivity contribution in [2.75, 3.05) is 0 Å². The van der Waals surface area contributed by atoms with E-state index in [1.807, 2.05) is 36.4 Å². The Morgan fingerprint density at radius 3 is 2.68 bits per heavy atom. The first kappa shape index (κ1) is 13.8. The number of hydrogen-bond donors (Lipinski definition) is 2. The third-order valence-electron chi connectivity index (χ3n) is 3.62. The lowest BCUT2D eigenvalue weighted by Crippen LogP contribution is -2.43. The number of nitrogens with zero attached hydrogens (tertiary/aromatic N) is 2. The monoisotopic (exact) mass is 290 g/mol. The number of nitriles is 1. The number of pyridine rings is 1. The molecule has 1 aliphatic rings. The van der Waals surface area contributed by atoms with E-state index in [1.54, 1.807) is 19.3 Å². The van der Waals surface area contributed by atoms with Crippen molar-refractivity contribution in [1.29, 1.82) is 5.26 Å². The van der Waals surface area contributed by atoms with Crippen LogP contribution in [0.5, 0.6) is 0 Å². The van der Waals surface area contributed by atoms with Gasteiger partial charge in [0.2, 0.25) is 0 Å². The summed E-state index contributed by atoms with van der Waals surface area (Å²) in [6.07, 6.45) is 3.47. The van der Waals surface area contributed by atoms with Crippen molar-refractivity contribution in [2.45, 2.75) is 13.0 Å². The Morgan fingerprint density at radius 1 is 1.18 bits per heavy atom. The SMILES string of the molecule is CC1=C(C#N)C(c2cccc(-c3ccncc3)c2)NC(=O)N1. The van der Waals surface area contributed by atoms with Gasteiger partial charge in [0.05, 0.1) is 17.7 Å². The van der Waals surface area contributed by atoms with E-state index in [-0.39, 0.29) is 6.03 Å². The Kier molecular flexibility index (Phi) is 3.58. The Balaban J connectivity index is 2.04. The molecule has 1 atom stereocenters. The van der Waals surface area contributed by atoms with Crippen LogP contribution in [-0.2, 0) is 0 Å². The quantitative estimate of drug-likeness (QED) is 0.892. The lowest BCUT2D eigenvalue weighted by molar-refractivity contribution is 0.239. The van der Waals surface area contributed by atoms with Crippen molar-refractivity contribution in [3.05, 3.63) is 65.6 Å². The van der Waals surface area contributed by atoms with Gasteiger partial charge in [-0.1, -0.05) is 18.2 Å². The second-order valence-corrected chi connectivity index (χ2v) is 5.04. The van der Waals surface area contributed by atoms with Gasteiger partial charge >= 0.3 is 6.03 Å². The summed E-state index contributed by atoms with van der Waals surface area (Å²) in [5.74, 6) is 0. The second kappa shape index (κ2) is 5.70. The summed E-state index contributed by atoms with van der Waals surface area (Å²) in [5, 5.41) is 14.8. The molecule has 0 fully saturated rings. The third-order valence-corrected chi connectivity index (χ3v) is 3.62. The van der Waals surface area contributed by atoms with Gasteiger partial charge in [0.25, 0.3) is 0 Å². The van der Waals surface area contributed by atoms with E-state index in [4.69, 9.17) is 0 Å². The molecule has 1 aromatic heterocycles. The number of carbonyl (C=O) groups excluding carboxylic acids is 1. The number of amides is 2. The molecule has 22 heavy (non-hydrogen) atoms. The van der Waals surface area contributed by atoms with Gasteiger partial charge in [-0.05, 0) is 41.8 Å². The number of hydrogen-bond acceptors (Lipinski definition) is 3. The third kappa shape index (κ3) is 2.54. The highest BCUT2D eigenvalue weighted by atomic mass is 16.2. The summed E-state index contributed by atoms with van der Waals surface area (Å²) in [4.78, 5) is 15.7. The number of carbonyl (C=O) groups is 1. The zero-order chi connectivity index (χ0) is 15.5. The fourth-order valence-electron chi connectivity index (χ4n) is 2.53. The highest BCUT2D eigenvalue weighted by Gasteiger charge is 2.26. The largest absolute Gasteiger partial charge is 0.326 e. The van der Waals surface area contributed by atoms with E-state index in [0.717, 1.165) is 16.7 Å². The van der Waals surface area contributed by atoms with E-state index in [0.29, 0.717) is 11.3 Å². The summed E-state index contributed by atoms with van der Waals surface area (Å²) >= 11 is 0. The van der Waals surface area contributed by atoms with Crippen LogP contribution in [0.3, 0.4) is 0 Å². The van der Waals surface area contributed by atoms with Gasteiger partial charge in [0.15, 0.2) is 0 Å². The van der Waals surface area contributed by atoms with E-state index in [1.165, 1.54) is 0 Å². The van der Waals surface area contributed by atoms with Gasteiger partial charge in [-0.25, -0.2) is 4.79 Å². The van der Waals surface area contributed by atoms with Crippen molar-refractivity contribution in [2.24, 2.45) is 0 Å². The number of rotatable bonds is 2. The topological polar surface area (TPSA) is 77.8 Å². The predicted molar refractivity (Wildman–Crippen MR) is 82.4 cm³/mol. The molecule has 1 aromatic carbocycles. The normalized spacial score (nSPS) is 17.5. The highest BCUT2D eigenvalue weighted by Crippen LogP contribution is 2.29. The minimum atomic E-state index is -0.430. The zero-order valence-corrected chi connectivity index (χ0v) is 12.0. The van der Waals surface area contributed by atoms with Crippen LogP contribution in [0.25, 0.3) is 11.1 Å². The van der Waals surface area contributed by atoms with Crippen molar-refractivity contribution in [3.8, 4) is 17.2 Å². The molecule has 2 N–H and O–H groups in total. The zero-order valence-electron chi connectivity index (χ0n) is 12.0. The van der Waals surface area contributed by atoms with Crippen LogP contribution in [0.2, 0.25) is 0 Å². The number of benzene rings is 1. The number of aromatic nitrogens is 1. The van der Waals surface area contributed by atoms with E-state index < -0.39 is 6.04 Å². The van der Waals surface area contributed by atoms with Gasteiger partial charge in [-0.3, -0.25) is 4.98 Å². The fourth-order valence-corrected chi connectivity index (χ4v) is 2.53. The maximum Gasteiger partial charge on any atom is 0.319 e. The first-order chi connectivity index (χ1) is 10.7. The molecule has 0 aliphatic carbocycles. The fraction of sp³-hybridized carbons (Fsp3) is 0.118. The summed E-state index contributed by atoms with van der Waals surface area (Å²) in [7, 11) is 0. The second-order valence-electron chi connectivity index (χ2n) is 5.04. The molecule has 0 spiro atoms. The van der Waals surface area contributed by atoms with E-state index >= 15 is 0 Å². The molecule has 5 heteroatoms. The van der Waals surface area contributed by atoms with Crippen LogP contribution in [0, 0.1) is 11.3 Å². The van der Waals surface area contributed by atoms with Crippen LogP contribution >= 0.6 is 0 Å². The van der Waals surface area contributed by atoms with Crippen molar-refractivity contribution in [3.63, 3.8) is 0 Å². The molecule has 3 rings (SSSR count). The van der Waals surface area contributed by atoms with Crippen molar-refractivity contribution in [1.82, 2.24) is 15.6 Å². The minimum Gasteiger partial charge on any atom is -0.326 e. The van der Waals surface area contributed by atoms with Crippen LogP contribution in [0.4, 0.5) is 4.79 Å². The first-order valence-corrected chi connectivity index (χ1v) is 6.88. The Morgan fingerprint density at radius 2 is 1.95 bits per heavy atom. The summed E-state index contributed by atoms with van der Waals surface area (Å²) in [6, 6.07) is 13.1. The Hall–Kier alpha value is -3.13. The molecule has 0 saturated carbocycles. The van der Waals surface area contributed by atoms with Crippen LogP contribution in [0.1, 0.15) is 18.5 Å². The number of nitrogens with one attached hydrogen (secondary N) is 2. The predicted octanol–water partition coefficient (Wildman–Crippen LogP) is 2.90. The minimum absolute atomic E-state index is 0.296. The lowest BCUT2D eigenvalue weighted by Gasteiger charge is -2.26. The van der Waals surface area contributed by atoms with Crippen molar-refractivity contribution < 1.29 is 4.79 Å². The van der Waals surface area contributed by atoms with Gasteiger partial charge in [0.1, 0.15) is 0 Å². The van der Waals surface area contributed by atoms with Gasteiger partial charge in [0, 0.05) is 18.1 Å². The van der Waals surface area contributed by atoms with Gasteiger partial charge < -0.3 is 10.6 Å². The summed E-state index contributed by atoms with van der Waals surface area (Å²) in [5.41, 5.74) is 4.04. The molecule has 2 amide bonds. The smallest absolute Gasteiger partial charge is 0.319 e. The van der Waals surface area contributed by atoms with Crippen LogP contribution in [-0.4, -0.2) is 11.0 Å². The van der Waals surface area contributed by atoms with Gasteiger partial charge in [-0.2, -0.15) is 5.26 Å². The molecule has 0 radical (unpaired) electrons. The number of urea groups is 1. The molecule has 2 aromatic rings. The van der Waals surface area contributed by atoms with Gasteiger partial charge in [-0.15, -0.1) is 0 Å². The molecule has 1 unspecified atom stereocenters. The molecule has 0 bridgehead atoms. The molecule has 108 valence electrons.